The van der Waals surface area contributed by atoms with Gasteiger partial charge in [0.2, 0.25) is 0 Å². The van der Waals surface area contributed by atoms with Crippen molar-refractivity contribution in [3.05, 3.63) is 29.3 Å². The molecule has 1 amide bonds. The Kier molecular flexibility index (Phi) is 2.90. The average molecular weight is 179 g/mol. The normalized spacial score (nSPS) is 9.69. The number of primary amides is 1. The van der Waals surface area contributed by atoms with Crippen LogP contribution in [0.2, 0.25) is 0 Å². The molecule has 1 aromatic rings. The molecule has 2 N–H and O–H groups in total. The lowest BCUT2D eigenvalue weighted by atomic mass is 10.1. The van der Waals surface area contributed by atoms with Crippen LogP contribution in [0.5, 0.6) is 5.75 Å². The van der Waals surface area contributed by atoms with Gasteiger partial charge >= 0.3 is 0 Å². The molecule has 1 aromatic carbocycles. The zero-order valence-corrected chi connectivity index (χ0v) is 7.83. The van der Waals surface area contributed by atoms with E-state index in [1.807, 2.05) is 26.0 Å². The molecule has 13 heavy (non-hydrogen) atoms. The highest BCUT2D eigenvalue weighted by atomic mass is 16.5. The van der Waals surface area contributed by atoms with Crippen molar-refractivity contribution < 1.29 is 9.53 Å². The quantitative estimate of drug-likeness (QED) is 0.764. The lowest BCUT2D eigenvalue weighted by molar-refractivity contribution is 0.0996. The standard InChI is InChI=1S/C10H13NO2/c1-3-13-8-6-4-5-7(2)9(8)10(11)12/h4-6H,3H2,1-2H3,(H2,11,12). The third kappa shape index (κ3) is 1.99. The average Bonchev–Trinajstić information content (AvgIpc) is 2.04. The SMILES string of the molecule is CCOc1cccc(C)c1C(N)=O. The van der Waals surface area contributed by atoms with Crippen LogP contribution in [0.25, 0.3) is 0 Å². The first-order chi connectivity index (χ1) is 6.16. The second-order valence-corrected chi connectivity index (χ2v) is 2.75. The van der Waals surface area contributed by atoms with Gasteiger partial charge in [0.1, 0.15) is 5.75 Å². The van der Waals surface area contributed by atoms with Gasteiger partial charge in [-0.3, -0.25) is 4.79 Å². The van der Waals surface area contributed by atoms with E-state index in [2.05, 4.69) is 0 Å². The second kappa shape index (κ2) is 3.94. The summed E-state index contributed by atoms with van der Waals surface area (Å²) in [5.74, 6) is 0.122. The maximum atomic E-state index is 11.1. The number of ether oxygens (including phenoxy) is 1. The van der Waals surface area contributed by atoms with Gasteiger partial charge in [0.05, 0.1) is 12.2 Å². The summed E-state index contributed by atoms with van der Waals surface area (Å²) in [7, 11) is 0. The maximum Gasteiger partial charge on any atom is 0.252 e. The number of aryl methyl sites for hydroxylation is 1. The van der Waals surface area contributed by atoms with Crippen molar-refractivity contribution in [1.82, 2.24) is 0 Å². The van der Waals surface area contributed by atoms with Gasteiger partial charge in [-0.1, -0.05) is 12.1 Å². The summed E-state index contributed by atoms with van der Waals surface area (Å²) in [6, 6.07) is 5.42. The maximum absolute atomic E-state index is 11.1. The molecule has 70 valence electrons. The molecule has 3 nitrogen and oxygen atoms in total. The van der Waals surface area contributed by atoms with Crippen molar-refractivity contribution >= 4 is 5.91 Å². The number of nitrogens with two attached hydrogens (primary N) is 1. The molecular formula is C10H13NO2. The third-order valence-electron chi connectivity index (χ3n) is 1.78. The largest absolute Gasteiger partial charge is 0.493 e. The molecule has 0 saturated heterocycles. The van der Waals surface area contributed by atoms with Crippen LogP contribution in [0.3, 0.4) is 0 Å². The number of hydrogen-bond donors (Lipinski definition) is 1. The van der Waals surface area contributed by atoms with Crippen molar-refractivity contribution in [2.45, 2.75) is 13.8 Å². The molecule has 0 aliphatic rings. The van der Waals surface area contributed by atoms with Gasteiger partial charge in [0.15, 0.2) is 0 Å². The van der Waals surface area contributed by atoms with E-state index >= 15 is 0 Å². The van der Waals surface area contributed by atoms with Crippen LogP contribution in [0.15, 0.2) is 18.2 Å². The predicted octanol–water partition coefficient (Wildman–Crippen LogP) is 1.49. The third-order valence-corrected chi connectivity index (χ3v) is 1.78. The van der Waals surface area contributed by atoms with E-state index < -0.39 is 5.91 Å². The number of amides is 1. The van der Waals surface area contributed by atoms with Crippen molar-refractivity contribution in [3.8, 4) is 5.75 Å². The zero-order chi connectivity index (χ0) is 9.84. The topological polar surface area (TPSA) is 52.3 Å². The number of carbonyl (C=O) groups excluding carboxylic acids is 1. The molecule has 0 aliphatic carbocycles. The van der Waals surface area contributed by atoms with Crippen LogP contribution in [0, 0.1) is 6.92 Å². The molecule has 0 fully saturated rings. The summed E-state index contributed by atoms with van der Waals surface area (Å²) in [6.45, 7) is 4.24. The van der Waals surface area contributed by atoms with Crippen LogP contribution in [-0.2, 0) is 0 Å². The summed E-state index contributed by atoms with van der Waals surface area (Å²) in [4.78, 5) is 11.1. The summed E-state index contributed by atoms with van der Waals surface area (Å²) in [5, 5.41) is 0. The lowest BCUT2D eigenvalue weighted by Gasteiger charge is -2.09. The molecule has 0 atom stereocenters. The molecule has 0 saturated carbocycles. The van der Waals surface area contributed by atoms with Crippen LogP contribution >= 0.6 is 0 Å². The minimum Gasteiger partial charge on any atom is -0.493 e. The molecule has 0 spiro atoms. The highest BCUT2D eigenvalue weighted by Gasteiger charge is 2.11. The summed E-state index contributed by atoms with van der Waals surface area (Å²) in [5.41, 5.74) is 6.55. The Hall–Kier alpha value is -1.51. The minimum atomic E-state index is -0.443. The van der Waals surface area contributed by atoms with E-state index in [-0.39, 0.29) is 0 Å². The Morgan fingerprint density at radius 2 is 2.23 bits per heavy atom. The van der Waals surface area contributed by atoms with Crippen molar-refractivity contribution in [1.29, 1.82) is 0 Å². The van der Waals surface area contributed by atoms with Crippen molar-refractivity contribution in [2.75, 3.05) is 6.61 Å². The van der Waals surface area contributed by atoms with E-state index in [0.29, 0.717) is 17.9 Å². The van der Waals surface area contributed by atoms with E-state index in [1.165, 1.54) is 0 Å². The Morgan fingerprint density at radius 1 is 1.54 bits per heavy atom. The molecule has 0 unspecified atom stereocenters. The van der Waals surface area contributed by atoms with Gasteiger partial charge in [-0.25, -0.2) is 0 Å². The molecule has 0 heterocycles. The van der Waals surface area contributed by atoms with Gasteiger partial charge in [0.25, 0.3) is 5.91 Å². The van der Waals surface area contributed by atoms with Crippen LogP contribution in [-0.4, -0.2) is 12.5 Å². The molecule has 0 aromatic heterocycles. The smallest absolute Gasteiger partial charge is 0.252 e. The van der Waals surface area contributed by atoms with Gasteiger partial charge in [-0.05, 0) is 25.5 Å². The Labute approximate surface area is 77.5 Å². The number of rotatable bonds is 3. The van der Waals surface area contributed by atoms with Crippen LogP contribution < -0.4 is 10.5 Å². The summed E-state index contributed by atoms with van der Waals surface area (Å²) in [6.07, 6.45) is 0. The number of benzene rings is 1. The Morgan fingerprint density at radius 3 is 2.77 bits per heavy atom. The highest BCUT2D eigenvalue weighted by Crippen LogP contribution is 2.21. The van der Waals surface area contributed by atoms with Gasteiger partial charge in [0, 0.05) is 0 Å². The van der Waals surface area contributed by atoms with Crippen LogP contribution in [0.4, 0.5) is 0 Å². The summed E-state index contributed by atoms with van der Waals surface area (Å²) < 4.78 is 5.28. The fourth-order valence-electron chi connectivity index (χ4n) is 1.23. The van der Waals surface area contributed by atoms with E-state index in [9.17, 15) is 4.79 Å². The van der Waals surface area contributed by atoms with Gasteiger partial charge in [-0.2, -0.15) is 0 Å². The zero-order valence-electron chi connectivity index (χ0n) is 7.83. The minimum absolute atomic E-state index is 0.443. The fraction of sp³-hybridized carbons (Fsp3) is 0.300. The first kappa shape index (κ1) is 9.58. The van der Waals surface area contributed by atoms with Crippen molar-refractivity contribution in [3.63, 3.8) is 0 Å². The molecule has 3 heteroatoms. The van der Waals surface area contributed by atoms with E-state index in [1.54, 1.807) is 6.07 Å². The monoisotopic (exact) mass is 179 g/mol. The second-order valence-electron chi connectivity index (χ2n) is 2.75. The molecule has 1 rings (SSSR count). The first-order valence-corrected chi connectivity index (χ1v) is 4.19. The van der Waals surface area contributed by atoms with Crippen molar-refractivity contribution in [2.24, 2.45) is 5.73 Å². The van der Waals surface area contributed by atoms with E-state index in [0.717, 1.165) is 5.56 Å². The number of carbonyl (C=O) groups is 1. The predicted molar refractivity (Wildman–Crippen MR) is 50.9 cm³/mol. The summed E-state index contributed by atoms with van der Waals surface area (Å²) >= 11 is 0. The first-order valence-electron chi connectivity index (χ1n) is 4.19. The molecule has 0 radical (unpaired) electrons. The van der Waals surface area contributed by atoms with Crippen LogP contribution in [0.1, 0.15) is 22.8 Å². The Balaban J connectivity index is 3.17. The fourth-order valence-corrected chi connectivity index (χ4v) is 1.23. The lowest BCUT2D eigenvalue weighted by Crippen LogP contribution is -2.14. The molecular weight excluding hydrogens is 166 g/mol. The number of hydrogen-bond acceptors (Lipinski definition) is 2. The highest BCUT2D eigenvalue weighted by molar-refractivity contribution is 5.97. The van der Waals surface area contributed by atoms with E-state index in [4.69, 9.17) is 10.5 Å². The van der Waals surface area contributed by atoms with Gasteiger partial charge in [-0.15, -0.1) is 0 Å². The molecule has 0 aliphatic heterocycles. The Bertz CT molecular complexity index is 321. The van der Waals surface area contributed by atoms with Gasteiger partial charge < -0.3 is 10.5 Å². The molecule has 0 bridgehead atoms.